The molecule has 0 aliphatic rings. The number of rotatable bonds is 3. The van der Waals surface area contributed by atoms with Gasteiger partial charge in [0.2, 0.25) is 10.1 Å². The van der Waals surface area contributed by atoms with E-state index in [4.69, 9.17) is 0 Å². The first-order chi connectivity index (χ1) is 3.98. The van der Waals surface area contributed by atoms with Gasteiger partial charge in [0.05, 0.1) is 6.10 Å². The summed E-state index contributed by atoms with van der Waals surface area (Å²) in [5.41, 5.74) is 0. The van der Waals surface area contributed by atoms with Crippen LogP contribution in [-0.2, 0) is 18.6 Å². The summed E-state index contributed by atoms with van der Waals surface area (Å²) in [5.74, 6) is 7.68. The van der Waals surface area contributed by atoms with Gasteiger partial charge in [-0.2, -0.15) is 10.2 Å². The SMILES string of the molecule is C=S(=O)(ON)OC(C)C. The number of hydrogen-bond acceptors (Lipinski definition) is 4. The minimum Gasteiger partial charge on any atom is -0.274 e. The lowest BCUT2D eigenvalue weighted by atomic mass is 10.5. The van der Waals surface area contributed by atoms with Gasteiger partial charge in [-0.3, -0.25) is 4.18 Å². The van der Waals surface area contributed by atoms with E-state index in [9.17, 15) is 4.21 Å². The van der Waals surface area contributed by atoms with Crippen LogP contribution in [0.15, 0.2) is 0 Å². The highest BCUT2D eigenvalue weighted by Gasteiger charge is 2.03. The molecular weight excluding hydrogens is 142 g/mol. The van der Waals surface area contributed by atoms with Gasteiger partial charge >= 0.3 is 0 Å². The lowest BCUT2D eigenvalue weighted by Gasteiger charge is -2.08. The largest absolute Gasteiger partial charge is 0.274 e. The van der Waals surface area contributed by atoms with Crippen LogP contribution < -0.4 is 5.90 Å². The van der Waals surface area contributed by atoms with Gasteiger partial charge in [0.25, 0.3) is 0 Å². The molecule has 0 saturated carbocycles. The van der Waals surface area contributed by atoms with E-state index in [2.05, 4.69) is 20.2 Å². The van der Waals surface area contributed by atoms with Gasteiger partial charge in [-0.05, 0) is 13.8 Å². The molecule has 0 heterocycles. The van der Waals surface area contributed by atoms with Crippen molar-refractivity contribution in [2.24, 2.45) is 5.90 Å². The third-order valence-corrected chi connectivity index (χ3v) is 1.46. The Bertz CT molecular complexity index is 161. The second-order valence-corrected chi connectivity index (χ2v) is 3.30. The van der Waals surface area contributed by atoms with Crippen molar-refractivity contribution in [3.05, 3.63) is 0 Å². The van der Waals surface area contributed by atoms with E-state index in [1.807, 2.05) is 0 Å². The lowest BCUT2D eigenvalue weighted by Crippen LogP contribution is -2.17. The third-order valence-electron chi connectivity index (χ3n) is 0.486. The van der Waals surface area contributed by atoms with Crippen LogP contribution >= 0.6 is 0 Å². The van der Waals surface area contributed by atoms with Crippen molar-refractivity contribution in [1.29, 1.82) is 0 Å². The van der Waals surface area contributed by atoms with Crippen molar-refractivity contribution in [2.75, 3.05) is 0 Å². The summed E-state index contributed by atoms with van der Waals surface area (Å²) >= 11 is 0. The molecule has 0 aliphatic carbocycles. The maximum absolute atomic E-state index is 10.7. The van der Waals surface area contributed by atoms with Crippen molar-refractivity contribution in [1.82, 2.24) is 0 Å². The second kappa shape index (κ2) is 3.17. The molecule has 0 bridgehead atoms. The first-order valence-electron chi connectivity index (χ1n) is 2.41. The van der Waals surface area contributed by atoms with E-state index in [0.717, 1.165) is 0 Å². The van der Waals surface area contributed by atoms with Crippen LogP contribution in [0, 0.1) is 0 Å². The van der Waals surface area contributed by atoms with Crippen LogP contribution in [0.3, 0.4) is 0 Å². The number of hydrogen-bond donors (Lipinski definition) is 1. The van der Waals surface area contributed by atoms with Crippen molar-refractivity contribution in [3.63, 3.8) is 0 Å². The highest BCUT2D eigenvalue weighted by Crippen LogP contribution is 1.96. The summed E-state index contributed by atoms with van der Waals surface area (Å²) in [6, 6.07) is 0. The molecule has 0 amide bonds. The predicted molar refractivity (Wildman–Crippen MR) is 36.8 cm³/mol. The van der Waals surface area contributed by atoms with Gasteiger partial charge in [0, 0.05) is 5.87 Å². The zero-order valence-electron chi connectivity index (χ0n) is 5.49. The van der Waals surface area contributed by atoms with Gasteiger partial charge in [-0.25, -0.2) is 4.21 Å². The summed E-state index contributed by atoms with van der Waals surface area (Å²) in [6.45, 7) is 3.42. The van der Waals surface area contributed by atoms with Gasteiger partial charge in [0.15, 0.2) is 0 Å². The molecule has 5 heteroatoms. The fourth-order valence-corrected chi connectivity index (χ4v) is 0.948. The molecule has 0 aromatic rings. The quantitative estimate of drug-likeness (QED) is 0.452. The molecule has 9 heavy (non-hydrogen) atoms. The topological polar surface area (TPSA) is 61.5 Å². The zero-order chi connectivity index (χ0) is 7.49. The smallest absolute Gasteiger partial charge is 0.214 e. The Morgan fingerprint density at radius 3 is 2.22 bits per heavy atom. The monoisotopic (exact) mass is 153 g/mol. The standard InChI is InChI=1S/C4H11NO3S/c1-4(2)7-9(3,6)8-5/h4H,3,5H2,1-2H3. The van der Waals surface area contributed by atoms with Crippen LogP contribution in [0.5, 0.6) is 0 Å². The highest BCUT2D eigenvalue weighted by atomic mass is 32.2. The van der Waals surface area contributed by atoms with E-state index in [0.29, 0.717) is 0 Å². The van der Waals surface area contributed by atoms with Crippen LogP contribution in [-0.4, -0.2) is 16.2 Å². The van der Waals surface area contributed by atoms with Gasteiger partial charge in [0.1, 0.15) is 0 Å². The molecule has 2 N–H and O–H groups in total. The van der Waals surface area contributed by atoms with Crippen molar-refractivity contribution in [2.45, 2.75) is 20.0 Å². The molecule has 56 valence electrons. The molecule has 1 atom stereocenters. The molecule has 0 aliphatic heterocycles. The normalized spacial score (nSPS) is 17.8. The Labute approximate surface area is 55.3 Å². The minimum absolute atomic E-state index is 0.196. The Morgan fingerprint density at radius 1 is 1.67 bits per heavy atom. The average Bonchev–Trinajstić information content (AvgIpc) is 1.63. The van der Waals surface area contributed by atoms with E-state index < -0.39 is 10.1 Å². The maximum atomic E-state index is 10.7. The molecule has 0 spiro atoms. The van der Waals surface area contributed by atoms with E-state index >= 15 is 0 Å². The van der Waals surface area contributed by atoms with Gasteiger partial charge in [-0.1, -0.05) is 0 Å². The molecule has 0 fully saturated rings. The molecule has 0 saturated heterocycles. The maximum Gasteiger partial charge on any atom is 0.214 e. The summed E-state index contributed by atoms with van der Waals surface area (Å²) in [6.07, 6.45) is -0.196. The molecule has 0 aromatic heterocycles. The fourth-order valence-electron chi connectivity index (χ4n) is 0.316. The molecule has 0 rings (SSSR count). The van der Waals surface area contributed by atoms with E-state index in [-0.39, 0.29) is 6.10 Å². The minimum atomic E-state index is -2.94. The van der Waals surface area contributed by atoms with Crippen LogP contribution in [0.4, 0.5) is 0 Å². The Morgan fingerprint density at radius 2 is 2.11 bits per heavy atom. The van der Waals surface area contributed by atoms with E-state index in [1.165, 1.54) is 0 Å². The van der Waals surface area contributed by atoms with Crippen molar-refractivity contribution in [3.8, 4) is 0 Å². The first kappa shape index (κ1) is 8.90. The summed E-state index contributed by atoms with van der Waals surface area (Å²) in [5, 5.41) is 0. The Balaban J connectivity index is 3.90. The van der Waals surface area contributed by atoms with Crippen LogP contribution in [0.2, 0.25) is 0 Å². The molecule has 1 unspecified atom stereocenters. The average molecular weight is 153 g/mol. The van der Waals surface area contributed by atoms with Crippen LogP contribution in [0.25, 0.3) is 0 Å². The summed E-state index contributed by atoms with van der Waals surface area (Å²) < 4.78 is 19.3. The highest BCUT2D eigenvalue weighted by molar-refractivity contribution is 7.91. The Kier molecular flexibility index (Phi) is 3.13. The summed E-state index contributed by atoms with van der Waals surface area (Å²) in [7, 11) is -2.94. The van der Waals surface area contributed by atoms with Crippen LogP contribution in [0.1, 0.15) is 13.8 Å². The molecule has 0 aromatic carbocycles. The van der Waals surface area contributed by atoms with E-state index in [1.54, 1.807) is 13.8 Å². The zero-order valence-corrected chi connectivity index (χ0v) is 6.31. The molecule has 4 nitrogen and oxygen atoms in total. The summed E-state index contributed by atoms with van der Waals surface area (Å²) in [4.78, 5) is 0. The third kappa shape index (κ3) is 4.41. The lowest BCUT2D eigenvalue weighted by molar-refractivity contribution is 0.207. The van der Waals surface area contributed by atoms with Gasteiger partial charge in [-0.15, -0.1) is 0 Å². The Hall–Kier alpha value is -0.100. The van der Waals surface area contributed by atoms with Crippen molar-refractivity contribution >= 4 is 16.0 Å². The predicted octanol–water partition coefficient (Wildman–Crippen LogP) is -0.152. The fraction of sp³-hybridized carbons (Fsp3) is 0.750. The number of nitrogens with two attached hydrogens (primary N) is 1. The molecule has 0 radical (unpaired) electrons. The first-order valence-corrected chi connectivity index (χ1v) is 3.99. The second-order valence-electron chi connectivity index (χ2n) is 1.80. The van der Waals surface area contributed by atoms with Gasteiger partial charge < -0.3 is 0 Å². The molecular formula is C4H11NO3S. The van der Waals surface area contributed by atoms with Crippen molar-refractivity contribution < 1.29 is 12.7 Å².